The maximum Gasteiger partial charge on any atom is 0.267 e. The van der Waals surface area contributed by atoms with Gasteiger partial charge >= 0.3 is 0 Å². The maximum atomic E-state index is 11.7. The molecule has 80 valence electrons. The van der Waals surface area contributed by atoms with Crippen molar-refractivity contribution in [2.75, 3.05) is 4.72 Å². The molecule has 2 rings (SSSR count). The highest BCUT2D eigenvalue weighted by atomic mass is 32.2. The first kappa shape index (κ1) is 9.98. The summed E-state index contributed by atoms with van der Waals surface area (Å²) in [5.41, 5.74) is 0.458. The first-order valence-electron chi connectivity index (χ1n) is 3.77. The van der Waals surface area contributed by atoms with Crippen LogP contribution in [0.15, 0.2) is 11.1 Å². The highest BCUT2D eigenvalue weighted by Gasteiger charge is 2.19. The van der Waals surface area contributed by atoms with Crippen LogP contribution < -0.4 is 4.72 Å². The number of rotatable bonds is 3. The number of sulfonamides is 1. The minimum Gasteiger partial charge on any atom is -0.281 e. The molecule has 0 spiro atoms. The van der Waals surface area contributed by atoms with Crippen LogP contribution >= 0.6 is 11.5 Å². The zero-order valence-electron chi connectivity index (χ0n) is 7.50. The van der Waals surface area contributed by atoms with Crippen molar-refractivity contribution in [2.45, 2.75) is 11.8 Å². The Balaban J connectivity index is 2.33. The number of aromatic nitrogens is 5. The third-order valence-corrected chi connectivity index (χ3v) is 3.69. The van der Waals surface area contributed by atoms with E-state index in [-0.39, 0.29) is 10.0 Å². The molecule has 0 aromatic carbocycles. The monoisotopic (exact) mass is 246 g/mol. The first-order chi connectivity index (χ1) is 7.09. The molecule has 0 bridgehead atoms. The van der Waals surface area contributed by atoms with Crippen molar-refractivity contribution in [3.05, 3.63) is 11.9 Å². The predicted octanol–water partition coefficient (Wildman–Crippen LogP) is -0.235. The van der Waals surface area contributed by atoms with Crippen LogP contribution in [0.5, 0.6) is 0 Å². The van der Waals surface area contributed by atoms with Gasteiger partial charge in [-0.3, -0.25) is 9.82 Å². The second kappa shape index (κ2) is 3.55. The zero-order chi connectivity index (χ0) is 10.9. The van der Waals surface area contributed by atoms with Gasteiger partial charge < -0.3 is 0 Å². The second-order valence-electron chi connectivity index (χ2n) is 2.63. The molecule has 2 aromatic rings. The molecule has 8 nitrogen and oxygen atoms in total. The van der Waals surface area contributed by atoms with E-state index in [2.05, 4.69) is 29.7 Å². The SMILES string of the molecule is Cc1[nH]ncc1S(=O)(=O)Nc1nnns1. The fourth-order valence-electron chi connectivity index (χ4n) is 0.954. The molecule has 15 heavy (non-hydrogen) atoms. The highest BCUT2D eigenvalue weighted by Crippen LogP contribution is 2.16. The molecule has 0 fully saturated rings. The van der Waals surface area contributed by atoms with Crippen LogP contribution in [-0.4, -0.2) is 33.4 Å². The lowest BCUT2D eigenvalue weighted by Gasteiger charge is -2.01. The molecular weight excluding hydrogens is 240 g/mol. The van der Waals surface area contributed by atoms with E-state index in [0.717, 1.165) is 11.5 Å². The highest BCUT2D eigenvalue weighted by molar-refractivity contribution is 7.93. The van der Waals surface area contributed by atoms with Gasteiger partial charge in [0, 0.05) is 11.5 Å². The second-order valence-corrected chi connectivity index (χ2v) is 5.02. The Morgan fingerprint density at radius 3 is 2.87 bits per heavy atom. The third kappa shape index (κ3) is 1.94. The van der Waals surface area contributed by atoms with Gasteiger partial charge in [0.2, 0.25) is 5.13 Å². The number of hydrogen-bond donors (Lipinski definition) is 2. The number of aryl methyl sites for hydroxylation is 1. The molecule has 0 radical (unpaired) electrons. The average molecular weight is 246 g/mol. The average Bonchev–Trinajstić information content (AvgIpc) is 2.75. The van der Waals surface area contributed by atoms with E-state index in [1.54, 1.807) is 6.92 Å². The van der Waals surface area contributed by atoms with Crippen molar-refractivity contribution in [3.63, 3.8) is 0 Å². The molecule has 0 atom stereocenters. The number of aromatic amines is 1. The lowest BCUT2D eigenvalue weighted by atomic mass is 10.5. The quantitative estimate of drug-likeness (QED) is 0.773. The summed E-state index contributed by atoms with van der Waals surface area (Å²) in [5.74, 6) is 0. The van der Waals surface area contributed by atoms with Crippen LogP contribution in [0.4, 0.5) is 5.13 Å². The minimum atomic E-state index is -3.65. The summed E-state index contributed by atoms with van der Waals surface area (Å²) >= 11 is 0.860. The number of nitrogens with zero attached hydrogens (tertiary/aromatic N) is 4. The Labute approximate surface area is 88.9 Å². The normalized spacial score (nSPS) is 11.5. The standard InChI is InChI=1S/C5H6N6O2S2/c1-3-4(2-6-7-3)15(12,13)9-5-8-10-11-14-5/h2H,1H3,(H,6,7)(H,8,9,11). The maximum absolute atomic E-state index is 11.7. The summed E-state index contributed by atoms with van der Waals surface area (Å²) < 4.78 is 29.1. The largest absolute Gasteiger partial charge is 0.281 e. The van der Waals surface area contributed by atoms with Gasteiger partial charge in [-0.05, 0) is 12.1 Å². The summed E-state index contributed by atoms with van der Waals surface area (Å²) in [6.45, 7) is 1.61. The van der Waals surface area contributed by atoms with Crippen LogP contribution in [0, 0.1) is 6.92 Å². The molecule has 2 heterocycles. The fraction of sp³-hybridized carbons (Fsp3) is 0.200. The summed E-state index contributed by atoms with van der Waals surface area (Å²) in [6.07, 6.45) is 1.23. The molecule has 0 saturated heterocycles. The molecule has 0 aliphatic heterocycles. The topological polar surface area (TPSA) is 114 Å². The van der Waals surface area contributed by atoms with Gasteiger partial charge in [0.25, 0.3) is 10.0 Å². The van der Waals surface area contributed by atoms with Crippen molar-refractivity contribution in [1.82, 2.24) is 25.0 Å². The van der Waals surface area contributed by atoms with E-state index in [4.69, 9.17) is 0 Å². The molecule has 10 heteroatoms. The van der Waals surface area contributed by atoms with E-state index >= 15 is 0 Å². The van der Waals surface area contributed by atoms with Crippen LogP contribution in [0.2, 0.25) is 0 Å². The molecule has 2 N–H and O–H groups in total. The van der Waals surface area contributed by atoms with Crippen molar-refractivity contribution >= 4 is 26.7 Å². The molecule has 0 aliphatic carbocycles. The molecule has 0 unspecified atom stereocenters. The van der Waals surface area contributed by atoms with E-state index < -0.39 is 10.0 Å². The van der Waals surface area contributed by atoms with E-state index in [0.29, 0.717) is 5.69 Å². The van der Waals surface area contributed by atoms with Gasteiger partial charge in [-0.25, -0.2) is 8.42 Å². The molecule has 0 amide bonds. The number of anilines is 1. The predicted molar refractivity (Wildman–Crippen MR) is 51.8 cm³/mol. The van der Waals surface area contributed by atoms with Crippen molar-refractivity contribution in [1.29, 1.82) is 0 Å². The van der Waals surface area contributed by atoms with Gasteiger partial charge in [-0.2, -0.15) is 5.10 Å². The smallest absolute Gasteiger partial charge is 0.267 e. The molecular formula is C5H6N6O2S2. The van der Waals surface area contributed by atoms with E-state index in [1.165, 1.54) is 6.20 Å². The van der Waals surface area contributed by atoms with E-state index in [1.807, 2.05) is 0 Å². The summed E-state index contributed by atoms with van der Waals surface area (Å²) in [5, 5.41) is 13.0. The molecule has 2 aromatic heterocycles. The van der Waals surface area contributed by atoms with Gasteiger partial charge in [-0.1, -0.05) is 9.59 Å². The Morgan fingerprint density at radius 2 is 2.33 bits per heavy atom. The lowest BCUT2D eigenvalue weighted by Crippen LogP contribution is -2.13. The van der Waals surface area contributed by atoms with Gasteiger partial charge in [0.1, 0.15) is 4.90 Å². The third-order valence-electron chi connectivity index (χ3n) is 1.59. The van der Waals surface area contributed by atoms with Gasteiger partial charge in [-0.15, -0.1) is 0 Å². The molecule has 0 aliphatic rings. The fourth-order valence-corrected chi connectivity index (χ4v) is 2.68. The van der Waals surface area contributed by atoms with Gasteiger partial charge in [0.15, 0.2) is 0 Å². The van der Waals surface area contributed by atoms with Crippen molar-refractivity contribution < 1.29 is 8.42 Å². The summed E-state index contributed by atoms with van der Waals surface area (Å²) in [7, 11) is -3.65. The first-order valence-corrected chi connectivity index (χ1v) is 6.03. The Bertz CT molecular complexity index is 544. The van der Waals surface area contributed by atoms with Crippen LogP contribution in [-0.2, 0) is 10.0 Å². The zero-order valence-corrected chi connectivity index (χ0v) is 9.13. The minimum absolute atomic E-state index is 0.0812. The Morgan fingerprint density at radius 1 is 1.53 bits per heavy atom. The van der Waals surface area contributed by atoms with Crippen LogP contribution in [0.3, 0.4) is 0 Å². The summed E-state index contributed by atoms with van der Waals surface area (Å²) in [6, 6.07) is 0. The summed E-state index contributed by atoms with van der Waals surface area (Å²) in [4.78, 5) is 0.0812. The Hall–Kier alpha value is -1.55. The number of hydrogen-bond acceptors (Lipinski definition) is 7. The van der Waals surface area contributed by atoms with Crippen molar-refractivity contribution in [3.8, 4) is 0 Å². The van der Waals surface area contributed by atoms with Crippen LogP contribution in [0.25, 0.3) is 0 Å². The van der Waals surface area contributed by atoms with Crippen LogP contribution in [0.1, 0.15) is 5.69 Å². The number of nitrogens with one attached hydrogen (secondary N) is 2. The Kier molecular flexibility index (Phi) is 2.36. The molecule has 0 saturated carbocycles. The number of H-pyrrole nitrogens is 1. The van der Waals surface area contributed by atoms with Crippen molar-refractivity contribution in [2.24, 2.45) is 0 Å². The van der Waals surface area contributed by atoms with E-state index in [9.17, 15) is 8.42 Å². The lowest BCUT2D eigenvalue weighted by molar-refractivity contribution is 0.600. The van der Waals surface area contributed by atoms with Gasteiger partial charge in [0.05, 0.1) is 11.9 Å².